The third kappa shape index (κ3) is 28.6. The van der Waals surface area contributed by atoms with Crippen LogP contribution in [0.5, 0.6) is 0 Å². The highest BCUT2D eigenvalue weighted by Gasteiger charge is 2.20. The molecule has 0 amide bonds. The van der Waals surface area contributed by atoms with Crippen LogP contribution >= 0.6 is 7.92 Å². The molecule has 0 N–H and O–H groups in total. The highest BCUT2D eigenvalue weighted by atomic mass is 31.1. The van der Waals surface area contributed by atoms with E-state index in [-0.39, 0.29) is 11.9 Å². The Labute approximate surface area is 353 Å². The summed E-state index contributed by atoms with van der Waals surface area (Å²) in [7, 11) is 3.64. The molecule has 7 heteroatoms. The van der Waals surface area contributed by atoms with Crippen molar-refractivity contribution < 1.29 is 23.9 Å². The van der Waals surface area contributed by atoms with E-state index in [1.807, 2.05) is 0 Å². The number of allylic oxidation sites excluding steroid dienone is 2. The lowest BCUT2D eigenvalue weighted by Crippen LogP contribution is -2.14. The van der Waals surface area contributed by atoms with Crippen LogP contribution in [-0.4, -0.2) is 68.5 Å². The molecule has 0 bridgehead atoms. The first-order valence-electron chi connectivity index (χ1n) is 24.4. The third-order valence-corrected chi connectivity index (χ3v) is 15.3. The predicted molar refractivity (Wildman–Crippen MR) is 244 cm³/mol. The molecule has 0 spiro atoms. The molecule has 0 aromatic rings. The summed E-state index contributed by atoms with van der Waals surface area (Å²) in [6.45, 7) is 6.40. The van der Waals surface area contributed by atoms with Crippen LogP contribution in [0.2, 0.25) is 0 Å². The van der Waals surface area contributed by atoms with Gasteiger partial charge in [-0.3, -0.25) is 14.4 Å². The number of hydrogen-bond acceptors (Lipinski definition) is 6. The lowest BCUT2D eigenvalue weighted by molar-refractivity contribution is -0.143. The first-order valence-corrected chi connectivity index (χ1v) is 26.1. The molecule has 0 aliphatic heterocycles. The van der Waals surface area contributed by atoms with Gasteiger partial charge in [0.15, 0.2) is 5.52 Å². The highest BCUT2D eigenvalue weighted by Crippen LogP contribution is 2.41. The molecular weight excluding hydrogens is 726 g/mol. The molecule has 2 fully saturated rings. The molecule has 0 unspecified atom stereocenters. The molecule has 6 nitrogen and oxygen atoms in total. The molecule has 2 aliphatic carbocycles. The number of hydrogen-bond donors (Lipinski definition) is 0. The highest BCUT2D eigenvalue weighted by molar-refractivity contribution is 7.74. The third-order valence-electron chi connectivity index (χ3n) is 12.6. The average molecular weight is 816 g/mol. The van der Waals surface area contributed by atoms with E-state index in [4.69, 9.17) is 9.47 Å². The summed E-state index contributed by atoms with van der Waals surface area (Å²) in [4.78, 5) is 39.7. The Morgan fingerprint density at radius 2 is 0.912 bits per heavy atom. The van der Waals surface area contributed by atoms with E-state index in [0.717, 1.165) is 69.2 Å². The molecule has 0 radical (unpaired) electrons. The van der Waals surface area contributed by atoms with Gasteiger partial charge in [-0.2, -0.15) is 0 Å². The predicted octanol–water partition coefficient (Wildman–Crippen LogP) is 14.0. The van der Waals surface area contributed by atoms with Crippen LogP contribution in [0.3, 0.4) is 0 Å². The summed E-state index contributed by atoms with van der Waals surface area (Å²) in [6.07, 6.45) is 45.6. The standard InChI is InChI=1S/C50H90NO5P/c1-5-24-44-31-35-46(36-32-44)26-22-40-55-48(52)28-17-13-9-7-11-15-19-42-57(50(54)30-21-39-51(3)4)43-20-16-12-8-10-14-18-29-49(53)56-41-23-27-47-37-33-45(25-6-2)34-38-47/h22-23,26-27,44-47H,5-21,24-25,28-43H2,1-4H3. The van der Waals surface area contributed by atoms with Crippen molar-refractivity contribution in [1.29, 1.82) is 0 Å². The van der Waals surface area contributed by atoms with Crippen LogP contribution in [0.25, 0.3) is 0 Å². The van der Waals surface area contributed by atoms with Gasteiger partial charge in [-0.15, -0.1) is 0 Å². The topological polar surface area (TPSA) is 72.9 Å². The number of carbonyl (C=O) groups is 3. The van der Waals surface area contributed by atoms with Crippen LogP contribution in [0.1, 0.15) is 206 Å². The lowest BCUT2D eigenvalue weighted by Gasteiger charge is -2.26. The molecule has 0 saturated heterocycles. The summed E-state index contributed by atoms with van der Waals surface area (Å²) in [5.74, 6) is 3.08. The number of nitrogens with zero attached hydrogens (tertiary/aromatic N) is 1. The van der Waals surface area contributed by atoms with Crippen molar-refractivity contribution in [2.75, 3.05) is 46.2 Å². The van der Waals surface area contributed by atoms with E-state index in [9.17, 15) is 14.4 Å². The summed E-state index contributed by atoms with van der Waals surface area (Å²) in [6, 6.07) is 0. The zero-order valence-corrected chi connectivity index (χ0v) is 38.7. The van der Waals surface area contributed by atoms with Gasteiger partial charge in [0, 0.05) is 19.3 Å². The summed E-state index contributed by atoms with van der Waals surface area (Å²) < 4.78 is 10.9. The van der Waals surface area contributed by atoms with E-state index in [0.29, 0.717) is 43.4 Å². The van der Waals surface area contributed by atoms with Crippen molar-refractivity contribution in [3.05, 3.63) is 24.3 Å². The first kappa shape index (κ1) is 51.6. The Bertz CT molecular complexity index is 989. The maximum Gasteiger partial charge on any atom is 0.306 e. The van der Waals surface area contributed by atoms with E-state index in [1.54, 1.807) is 0 Å². The van der Waals surface area contributed by atoms with Crippen molar-refractivity contribution in [2.45, 2.75) is 206 Å². The SMILES string of the molecule is CCCC1CCC(C=CCOC(=O)CCCCCCCCCP(CCCCCCCCCC(=O)OCC=CC2CCC(CCC)CC2)C(=O)CCCN(C)C)CC1. The number of ether oxygens (including phenoxy) is 2. The Balaban J connectivity index is 1.46. The Hall–Kier alpha value is -1.52. The van der Waals surface area contributed by atoms with E-state index in [1.165, 1.54) is 141 Å². The molecule has 0 heterocycles. The molecule has 2 saturated carbocycles. The van der Waals surface area contributed by atoms with E-state index < -0.39 is 7.92 Å². The number of carbonyl (C=O) groups excluding carboxylic acids is 3. The maximum atomic E-state index is 13.2. The van der Waals surface area contributed by atoms with Gasteiger partial charge >= 0.3 is 11.9 Å². The number of rotatable bonds is 35. The molecule has 0 aromatic carbocycles. The monoisotopic (exact) mass is 816 g/mol. The van der Waals surface area contributed by atoms with Crippen molar-refractivity contribution in [1.82, 2.24) is 4.90 Å². The quantitative estimate of drug-likeness (QED) is 0.0275. The minimum atomic E-state index is -0.526. The zero-order valence-electron chi connectivity index (χ0n) is 37.8. The molecule has 0 atom stereocenters. The zero-order chi connectivity index (χ0) is 41.2. The molecule has 0 aromatic heterocycles. The lowest BCUT2D eigenvalue weighted by atomic mass is 9.80. The van der Waals surface area contributed by atoms with Crippen molar-refractivity contribution in [3.8, 4) is 0 Å². The molecular formula is C50H90NO5P. The summed E-state index contributed by atoms with van der Waals surface area (Å²) in [5.41, 5.74) is 0.542. The Morgan fingerprint density at radius 3 is 1.30 bits per heavy atom. The fraction of sp³-hybridized carbons (Fsp3) is 0.860. The maximum absolute atomic E-state index is 13.2. The number of esters is 2. The molecule has 2 rings (SSSR count). The minimum Gasteiger partial charge on any atom is -0.461 e. The van der Waals surface area contributed by atoms with Gasteiger partial charge in [-0.05, 0) is 148 Å². The van der Waals surface area contributed by atoms with Crippen molar-refractivity contribution in [2.24, 2.45) is 23.7 Å². The minimum absolute atomic E-state index is 0.0580. The van der Waals surface area contributed by atoms with Gasteiger partial charge in [0.05, 0.1) is 0 Å². The van der Waals surface area contributed by atoms with Crippen LogP contribution in [0.4, 0.5) is 0 Å². The van der Waals surface area contributed by atoms with Gasteiger partial charge < -0.3 is 14.4 Å². The second kappa shape index (κ2) is 35.3. The second-order valence-corrected chi connectivity index (χ2v) is 20.6. The smallest absolute Gasteiger partial charge is 0.306 e. The molecule has 57 heavy (non-hydrogen) atoms. The van der Waals surface area contributed by atoms with E-state index >= 15 is 0 Å². The second-order valence-electron chi connectivity index (χ2n) is 18.1. The van der Waals surface area contributed by atoms with Gasteiger partial charge in [0.25, 0.3) is 0 Å². The first-order chi connectivity index (χ1) is 27.8. The molecule has 330 valence electrons. The summed E-state index contributed by atoms with van der Waals surface area (Å²) in [5, 5.41) is 0. The average Bonchev–Trinajstić information content (AvgIpc) is 3.20. The fourth-order valence-electron chi connectivity index (χ4n) is 9.06. The number of unbranched alkanes of at least 4 members (excludes halogenated alkanes) is 12. The van der Waals surface area contributed by atoms with Gasteiger partial charge in [-0.1, -0.05) is 128 Å². The van der Waals surface area contributed by atoms with Gasteiger partial charge in [-0.25, -0.2) is 0 Å². The van der Waals surface area contributed by atoms with Gasteiger partial charge in [0.1, 0.15) is 13.2 Å². The van der Waals surface area contributed by atoms with Crippen LogP contribution in [-0.2, 0) is 23.9 Å². The normalized spacial score (nSPS) is 20.7. The van der Waals surface area contributed by atoms with Gasteiger partial charge in [0.2, 0.25) is 0 Å². The molecule has 2 aliphatic rings. The Kier molecular flexibility index (Phi) is 31.9. The summed E-state index contributed by atoms with van der Waals surface area (Å²) >= 11 is 0. The van der Waals surface area contributed by atoms with Crippen molar-refractivity contribution in [3.63, 3.8) is 0 Å². The van der Waals surface area contributed by atoms with E-state index in [2.05, 4.69) is 57.1 Å². The van der Waals surface area contributed by atoms with Crippen LogP contribution in [0, 0.1) is 23.7 Å². The van der Waals surface area contributed by atoms with Crippen molar-refractivity contribution >= 4 is 25.4 Å². The fourth-order valence-corrected chi connectivity index (χ4v) is 11.5. The van der Waals surface area contributed by atoms with Crippen LogP contribution < -0.4 is 0 Å². The van der Waals surface area contributed by atoms with Crippen LogP contribution in [0.15, 0.2) is 24.3 Å². The Morgan fingerprint density at radius 1 is 0.526 bits per heavy atom. The largest absolute Gasteiger partial charge is 0.461 e.